The molecule has 0 fully saturated rings. The van der Waals surface area contributed by atoms with Crippen LogP contribution in [0.5, 0.6) is 0 Å². The number of carbonyl (C=O) groups is 2. The fourth-order valence-electron chi connectivity index (χ4n) is 2.67. The molecule has 0 aliphatic carbocycles. The molecule has 1 heterocycles. The van der Waals surface area contributed by atoms with Crippen molar-refractivity contribution in [3.8, 4) is 0 Å². The van der Waals surface area contributed by atoms with Gasteiger partial charge in [0, 0.05) is 25.2 Å². The molecule has 1 aromatic carbocycles. The predicted octanol–water partition coefficient (Wildman–Crippen LogP) is 1.33. The van der Waals surface area contributed by atoms with Gasteiger partial charge in [-0.05, 0) is 18.1 Å². The summed E-state index contributed by atoms with van der Waals surface area (Å²) in [5.41, 5.74) is 1.51. The van der Waals surface area contributed by atoms with Crippen molar-refractivity contribution < 1.29 is 19.8 Å². The highest BCUT2D eigenvalue weighted by atomic mass is 16.4. The van der Waals surface area contributed by atoms with Crippen LogP contribution in [-0.2, 0) is 11.2 Å². The number of aliphatic carboxylic acids is 1. The topological polar surface area (TPSA) is 81.1 Å². The number of nitrogens with zero attached hydrogens (tertiary/aromatic N) is 2. The van der Waals surface area contributed by atoms with Gasteiger partial charge in [0.25, 0.3) is 0 Å². The number of rotatable bonds is 5. The smallest absolute Gasteiger partial charge is 0.327 e. The van der Waals surface area contributed by atoms with Gasteiger partial charge in [0.15, 0.2) is 0 Å². The van der Waals surface area contributed by atoms with Crippen molar-refractivity contribution in [3.63, 3.8) is 0 Å². The molecule has 1 aliphatic rings. The van der Waals surface area contributed by atoms with E-state index in [0.717, 1.165) is 12.0 Å². The van der Waals surface area contributed by atoms with Crippen molar-refractivity contribution in [2.75, 3.05) is 24.6 Å². The first-order chi connectivity index (χ1) is 10.1. The molecular weight excluding hydrogens is 272 g/mol. The molecule has 2 amide bonds. The lowest BCUT2D eigenvalue weighted by Crippen LogP contribution is -2.50. The number of benzene rings is 1. The van der Waals surface area contributed by atoms with Gasteiger partial charge < -0.3 is 15.1 Å². The van der Waals surface area contributed by atoms with Crippen molar-refractivity contribution in [2.24, 2.45) is 0 Å². The molecular formula is C15H20N2O4. The number of amides is 2. The largest absolute Gasteiger partial charge is 0.480 e. The third-order valence-electron chi connectivity index (χ3n) is 3.60. The van der Waals surface area contributed by atoms with Gasteiger partial charge in [-0.1, -0.05) is 25.1 Å². The fraction of sp³-hybridized carbons (Fsp3) is 0.467. The Bertz CT molecular complexity index is 526. The number of anilines is 1. The molecule has 6 nitrogen and oxygen atoms in total. The first-order valence-electron chi connectivity index (χ1n) is 7.09. The maximum absolute atomic E-state index is 12.7. The number of fused-ring (bicyclic) bond motifs is 1. The lowest BCUT2D eigenvalue weighted by atomic mass is 10.1. The van der Waals surface area contributed by atoms with Crippen LogP contribution in [0.2, 0.25) is 0 Å². The van der Waals surface area contributed by atoms with Crippen molar-refractivity contribution in [2.45, 2.75) is 25.8 Å². The Morgan fingerprint density at radius 2 is 2.05 bits per heavy atom. The molecule has 1 atom stereocenters. The van der Waals surface area contributed by atoms with E-state index in [1.807, 2.05) is 19.1 Å². The summed E-state index contributed by atoms with van der Waals surface area (Å²) in [6, 6.07) is 5.99. The number of aliphatic hydroxyl groups is 1. The van der Waals surface area contributed by atoms with E-state index in [4.69, 9.17) is 5.11 Å². The number of hydrogen-bond acceptors (Lipinski definition) is 3. The minimum atomic E-state index is -1.01. The van der Waals surface area contributed by atoms with E-state index in [1.165, 1.54) is 9.80 Å². The summed E-state index contributed by atoms with van der Waals surface area (Å²) >= 11 is 0. The van der Waals surface area contributed by atoms with Crippen molar-refractivity contribution >= 4 is 17.7 Å². The summed E-state index contributed by atoms with van der Waals surface area (Å²) in [7, 11) is 0. The Morgan fingerprint density at radius 3 is 2.67 bits per heavy atom. The molecule has 114 valence electrons. The average molecular weight is 292 g/mol. The van der Waals surface area contributed by atoms with Crippen LogP contribution in [0.3, 0.4) is 0 Å². The van der Waals surface area contributed by atoms with E-state index in [2.05, 4.69) is 0 Å². The highest BCUT2D eigenvalue weighted by molar-refractivity contribution is 6.01. The van der Waals surface area contributed by atoms with E-state index in [1.54, 1.807) is 12.1 Å². The zero-order chi connectivity index (χ0) is 15.4. The highest BCUT2D eigenvalue weighted by Crippen LogP contribution is 2.33. The van der Waals surface area contributed by atoms with Crippen LogP contribution in [0.4, 0.5) is 10.5 Å². The van der Waals surface area contributed by atoms with E-state index in [-0.39, 0.29) is 19.2 Å². The fourth-order valence-corrected chi connectivity index (χ4v) is 2.67. The third-order valence-corrected chi connectivity index (χ3v) is 3.60. The minimum Gasteiger partial charge on any atom is -0.480 e. The Labute approximate surface area is 123 Å². The SMILES string of the molecule is CCCN(CCO)C(=O)N1c2ccccc2C[C@H]1C(=O)O. The van der Waals surface area contributed by atoms with Gasteiger partial charge in [-0.2, -0.15) is 0 Å². The van der Waals surface area contributed by atoms with Crippen LogP contribution in [0.25, 0.3) is 0 Å². The molecule has 2 rings (SSSR count). The second-order valence-corrected chi connectivity index (χ2v) is 5.05. The van der Waals surface area contributed by atoms with Crippen LogP contribution in [0, 0.1) is 0 Å². The Morgan fingerprint density at radius 1 is 1.33 bits per heavy atom. The quantitative estimate of drug-likeness (QED) is 0.858. The zero-order valence-corrected chi connectivity index (χ0v) is 12.0. The summed E-state index contributed by atoms with van der Waals surface area (Å²) in [5.74, 6) is -1.01. The van der Waals surface area contributed by atoms with E-state index < -0.39 is 12.0 Å². The van der Waals surface area contributed by atoms with Crippen molar-refractivity contribution in [1.29, 1.82) is 0 Å². The molecule has 0 saturated carbocycles. The standard InChI is InChI=1S/C15H20N2O4/c1-2-7-16(8-9-18)15(21)17-12-6-4-3-5-11(12)10-13(17)14(19)20/h3-6,13,18H,2,7-10H2,1H3,(H,19,20)/t13-/m0/s1. The number of aliphatic hydroxyl groups excluding tert-OH is 1. The molecule has 0 saturated heterocycles. The molecule has 0 bridgehead atoms. The lowest BCUT2D eigenvalue weighted by Gasteiger charge is -2.30. The van der Waals surface area contributed by atoms with E-state index >= 15 is 0 Å². The highest BCUT2D eigenvalue weighted by Gasteiger charge is 2.39. The van der Waals surface area contributed by atoms with Gasteiger partial charge in [0.05, 0.1) is 6.61 Å². The monoisotopic (exact) mass is 292 g/mol. The Hall–Kier alpha value is -2.08. The molecule has 1 aromatic rings. The first kappa shape index (κ1) is 15.3. The number of hydrogen-bond donors (Lipinski definition) is 2. The summed E-state index contributed by atoms with van der Waals surface area (Å²) < 4.78 is 0. The van der Waals surface area contributed by atoms with E-state index in [0.29, 0.717) is 18.7 Å². The van der Waals surface area contributed by atoms with Crippen LogP contribution in [-0.4, -0.2) is 52.9 Å². The van der Waals surface area contributed by atoms with Crippen molar-refractivity contribution in [1.82, 2.24) is 4.90 Å². The summed E-state index contributed by atoms with van der Waals surface area (Å²) in [4.78, 5) is 27.0. The molecule has 0 spiro atoms. The summed E-state index contributed by atoms with van der Waals surface area (Å²) in [6.45, 7) is 2.49. The predicted molar refractivity (Wildman–Crippen MR) is 78.4 cm³/mol. The maximum atomic E-state index is 12.7. The van der Waals surface area contributed by atoms with Crippen LogP contribution < -0.4 is 4.90 Å². The summed E-state index contributed by atoms with van der Waals surface area (Å²) in [5, 5.41) is 18.5. The van der Waals surface area contributed by atoms with Crippen molar-refractivity contribution in [3.05, 3.63) is 29.8 Å². The van der Waals surface area contributed by atoms with E-state index in [9.17, 15) is 14.7 Å². The molecule has 0 aromatic heterocycles. The molecule has 1 aliphatic heterocycles. The number of carboxylic acid groups (broad SMARTS) is 1. The first-order valence-corrected chi connectivity index (χ1v) is 7.09. The number of carboxylic acids is 1. The van der Waals surface area contributed by atoms with Crippen LogP contribution in [0.15, 0.2) is 24.3 Å². The lowest BCUT2D eigenvalue weighted by molar-refractivity contribution is -0.138. The van der Waals surface area contributed by atoms with Crippen LogP contribution in [0.1, 0.15) is 18.9 Å². The Balaban J connectivity index is 2.33. The van der Waals surface area contributed by atoms with Gasteiger partial charge in [0.1, 0.15) is 6.04 Å². The maximum Gasteiger partial charge on any atom is 0.327 e. The second kappa shape index (κ2) is 6.58. The van der Waals surface area contributed by atoms with Gasteiger partial charge in [-0.3, -0.25) is 4.90 Å². The molecule has 0 radical (unpaired) electrons. The molecule has 6 heteroatoms. The minimum absolute atomic E-state index is 0.140. The Kier molecular flexibility index (Phi) is 4.80. The molecule has 2 N–H and O–H groups in total. The van der Waals surface area contributed by atoms with Gasteiger partial charge in [-0.15, -0.1) is 0 Å². The third kappa shape index (κ3) is 3.00. The second-order valence-electron chi connectivity index (χ2n) is 5.05. The van der Waals surface area contributed by atoms with Gasteiger partial charge in [0.2, 0.25) is 0 Å². The van der Waals surface area contributed by atoms with Gasteiger partial charge in [-0.25, -0.2) is 9.59 Å². The number of para-hydroxylation sites is 1. The number of urea groups is 1. The summed E-state index contributed by atoms with van der Waals surface area (Å²) in [6.07, 6.45) is 1.06. The zero-order valence-electron chi connectivity index (χ0n) is 12.0. The number of carbonyl (C=O) groups excluding carboxylic acids is 1. The van der Waals surface area contributed by atoms with Gasteiger partial charge >= 0.3 is 12.0 Å². The van der Waals surface area contributed by atoms with Crippen LogP contribution >= 0.6 is 0 Å². The molecule has 21 heavy (non-hydrogen) atoms. The normalized spacial score (nSPS) is 16.7. The molecule has 0 unspecified atom stereocenters. The average Bonchev–Trinajstić information content (AvgIpc) is 2.86.